The van der Waals surface area contributed by atoms with E-state index in [4.69, 9.17) is 5.11 Å². The zero-order valence-corrected chi connectivity index (χ0v) is 11.5. The first-order chi connectivity index (χ1) is 8.95. The summed E-state index contributed by atoms with van der Waals surface area (Å²) in [5.74, 6) is -0.574. The summed E-state index contributed by atoms with van der Waals surface area (Å²) in [6.07, 6.45) is 1.94. The first-order valence-electron chi connectivity index (χ1n) is 5.53. The Balaban J connectivity index is 2.81. The van der Waals surface area contributed by atoms with Gasteiger partial charge in [-0.05, 0) is 24.5 Å². The molecule has 0 bridgehead atoms. The third-order valence-electron chi connectivity index (χ3n) is 2.45. The van der Waals surface area contributed by atoms with E-state index in [2.05, 4.69) is 5.32 Å². The van der Waals surface area contributed by atoms with Gasteiger partial charge in [-0.15, -0.1) is 0 Å². The highest BCUT2D eigenvalue weighted by atomic mass is 32.2. The van der Waals surface area contributed by atoms with Crippen LogP contribution in [0.25, 0.3) is 0 Å². The van der Waals surface area contributed by atoms with Gasteiger partial charge in [0.1, 0.15) is 5.75 Å². The van der Waals surface area contributed by atoms with Gasteiger partial charge in [-0.3, -0.25) is 0 Å². The van der Waals surface area contributed by atoms with Crippen LogP contribution in [0.3, 0.4) is 0 Å². The monoisotopic (exact) mass is 284 g/mol. The smallest absolute Gasteiger partial charge is 0.337 e. The van der Waals surface area contributed by atoms with Crippen molar-refractivity contribution in [3.05, 3.63) is 23.8 Å². The number of aromatic hydroxyl groups is 1. The molecule has 1 aromatic rings. The molecule has 1 aromatic carbocycles. The van der Waals surface area contributed by atoms with Gasteiger partial charge in [0.25, 0.3) is 0 Å². The number of nitrogens with zero attached hydrogens (tertiary/aromatic N) is 1. The van der Waals surface area contributed by atoms with Crippen molar-refractivity contribution in [3.63, 3.8) is 0 Å². The van der Waals surface area contributed by atoms with E-state index in [1.165, 1.54) is 17.0 Å². The van der Waals surface area contributed by atoms with Gasteiger partial charge in [0.15, 0.2) is 0 Å². The summed E-state index contributed by atoms with van der Waals surface area (Å²) in [7, 11) is 1.63. The number of anilines is 1. The lowest BCUT2D eigenvalue weighted by molar-refractivity contribution is 0.0697. The number of phenolic OH excluding ortho intramolecular Hbond substituents is 1. The topological polar surface area (TPSA) is 89.9 Å². The number of phenols is 1. The number of carboxylic acids is 1. The fourth-order valence-electron chi connectivity index (χ4n) is 1.36. The van der Waals surface area contributed by atoms with Gasteiger partial charge >= 0.3 is 12.0 Å². The van der Waals surface area contributed by atoms with Crippen LogP contribution in [0.15, 0.2) is 18.2 Å². The van der Waals surface area contributed by atoms with Crippen LogP contribution in [0.1, 0.15) is 10.4 Å². The molecule has 0 aliphatic rings. The standard InChI is InChI=1S/C12H16N2O4S/c1-14(5-6-19-2)12(18)13-10-4-3-8(15)7-9(10)11(16)17/h3-4,7,15H,5-6H2,1-2H3,(H,13,18)(H,16,17). The molecule has 0 fully saturated rings. The molecule has 19 heavy (non-hydrogen) atoms. The summed E-state index contributed by atoms with van der Waals surface area (Å²) in [4.78, 5) is 24.3. The Hall–Kier alpha value is -1.89. The van der Waals surface area contributed by atoms with Crippen LogP contribution in [0.2, 0.25) is 0 Å². The summed E-state index contributed by atoms with van der Waals surface area (Å²) >= 11 is 1.61. The van der Waals surface area contributed by atoms with Crippen molar-refractivity contribution in [1.29, 1.82) is 0 Å². The van der Waals surface area contributed by atoms with Gasteiger partial charge in [-0.1, -0.05) is 0 Å². The van der Waals surface area contributed by atoms with Gasteiger partial charge in [-0.2, -0.15) is 11.8 Å². The highest BCUT2D eigenvalue weighted by Gasteiger charge is 2.15. The van der Waals surface area contributed by atoms with E-state index in [0.29, 0.717) is 6.54 Å². The maximum absolute atomic E-state index is 11.8. The molecule has 0 unspecified atom stereocenters. The van der Waals surface area contributed by atoms with Crippen LogP contribution in [0.4, 0.5) is 10.5 Å². The van der Waals surface area contributed by atoms with Crippen molar-refractivity contribution in [3.8, 4) is 5.75 Å². The summed E-state index contributed by atoms with van der Waals surface area (Å²) < 4.78 is 0. The Morgan fingerprint density at radius 2 is 2.11 bits per heavy atom. The van der Waals surface area contributed by atoms with Gasteiger partial charge in [0.2, 0.25) is 0 Å². The van der Waals surface area contributed by atoms with Crippen molar-refractivity contribution in [1.82, 2.24) is 4.90 Å². The second-order valence-electron chi connectivity index (χ2n) is 3.88. The number of hydrogen-bond donors (Lipinski definition) is 3. The van der Waals surface area contributed by atoms with Crippen molar-refractivity contribution >= 4 is 29.4 Å². The number of thioether (sulfide) groups is 1. The van der Waals surface area contributed by atoms with Gasteiger partial charge in [0.05, 0.1) is 11.3 Å². The van der Waals surface area contributed by atoms with E-state index in [0.717, 1.165) is 11.8 Å². The van der Waals surface area contributed by atoms with Gasteiger partial charge in [-0.25, -0.2) is 9.59 Å². The van der Waals surface area contributed by atoms with Crippen molar-refractivity contribution in [2.24, 2.45) is 0 Å². The fourth-order valence-corrected chi connectivity index (χ4v) is 1.82. The third kappa shape index (κ3) is 4.36. The van der Waals surface area contributed by atoms with Crippen LogP contribution in [-0.2, 0) is 0 Å². The maximum atomic E-state index is 11.8. The number of amides is 2. The molecule has 0 spiro atoms. The Morgan fingerprint density at radius 1 is 1.42 bits per heavy atom. The number of aromatic carboxylic acids is 1. The molecule has 0 saturated carbocycles. The van der Waals surface area contributed by atoms with Crippen molar-refractivity contribution in [2.75, 3.05) is 30.9 Å². The van der Waals surface area contributed by atoms with Crippen molar-refractivity contribution in [2.45, 2.75) is 0 Å². The van der Waals surface area contributed by atoms with Gasteiger partial charge < -0.3 is 20.4 Å². The fraction of sp³-hybridized carbons (Fsp3) is 0.333. The van der Waals surface area contributed by atoms with Crippen LogP contribution in [0.5, 0.6) is 5.75 Å². The number of benzene rings is 1. The Kier molecular flexibility index (Phi) is 5.50. The number of carboxylic acid groups (broad SMARTS) is 1. The lowest BCUT2D eigenvalue weighted by Crippen LogP contribution is -2.33. The van der Waals surface area contributed by atoms with E-state index >= 15 is 0 Å². The predicted octanol–water partition coefficient (Wildman–Crippen LogP) is 1.92. The molecule has 0 aliphatic carbocycles. The first kappa shape index (κ1) is 15.2. The number of urea groups is 1. The average Bonchev–Trinajstić information content (AvgIpc) is 2.37. The Bertz CT molecular complexity index is 479. The molecule has 0 heterocycles. The molecule has 0 aromatic heterocycles. The molecule has 0 aliphatic heterocycles. The van der Waals surface area contributed by atoms with E-state index < -0.39 is 5.97 Å². The summed E-state index contributed by atoms with van der Waals surface area (Å²) in [6, 6.07) is 3.39. The van der Waals surface area contributed by atoms with E-state index in [1.807, 2.05) is 6.26 Å². The number of carbonyl (C=O) groups excluding carboxylic acids is 1. The largest absolute Gasteiger partial charge is 0.508 e. The zero-order valence-electron chi connectivity index (χ0n) is 10.7. The first-order valence-corrected chi connectivity index (χ1v) is 6.92. The quantitative estimate of drug-likeness (QED) is 0.719. The second-order valence-corrected chi connectivity index (χ2v) is 4.87. The lowest BCUT2D eigenvalue weighted by Gasteiger charge is -2.18. The SMILES string of the molecule is CSCCN(C)C(=O)Nc1ccc(O)cc1C(=O)O. The molecule has 1 rings (SSSR count). The Labute approximate surface area is 115 Å². The minimum Gasteiger partial charge on any atom is -0.508 e. The molecule has 7 heteroatoms. The molecular formula is C12H16N2O4S. The number of rotatable bonds is 5. The van der Waals surface area contributed by atoms with Crippen LogP contribution in [-0.4, -0.2) is 52.7 Å². The highest BCUT2D eigenvalue weighted by Crippen LogP contribution is 2.21. The summed E-state index contributed by atoms with van der Waals surface area (Å²) in [5, 5.41) is 20.8. The van der Waals surface area contributed by atoms with Crippen LogP contribution < -0.4 is 5.32 Å². The number of hydrogen-bond acceptors (Lipinski definition) is 4. The third-order valence-corrected chi connectivity index (χ3v) is 3.04. The average molecular weight is 284 g/mol. The molecule has 2 amide bonds. The molecule has 0 saturated heterocycles. The highest BCUT2D eigenvalue weighted by molar-refractivity contribution is 7.98. The van der Waals surface area contributed by atoms with Crippen LogP contribution in [0, 0.1) is 0 Å². The number of nitrogens with one attached hydrogen (secondary N) is 1. The number of carbonyl (C=O) groups is 2. The molecule has 6 nitrogen and oxygen atoms in total. The molecule has 104 valence electrons. The van der Waals surface area contributed by atoms with Crippen molar-refractivity contribution < 1.29 is 19.8 Å². The molecule has 0 radical (unpaired) electrons. The maximum Gasteiger partial charge on any atom is 0.337 e. The molecule has 0 atom stereocenters. The van der Waals surface area contributed by atoms with Crippen LogP contribution >= 0.6 is 11.8 Å². The molecular weight excluding hydrogens is 268 g/mol. The normalized spacial score (nSPS) is 10.0. The van der Waals surface area contributed by atoms with E-state index in [1.54, 1.807) is 18.8 Å². The van der Waals surface area contributed by atoms with Gasteiger partial charge in [0, 0.05) is 19.3 Å². The predicted molar refractivity (Wildman–Crippen MR) is 75.1 cm³/mol. The minimum atomic E-state index is -1.21. The van der Waals surface area contributed by atoms with E-state index in [9.17, 15) is 14.7 Å². The summed E-state index contributed by atoms with van der Waals surface area (Å²) in [5.41, 5.74) is 0.0120. The summed E-state index contributed by atoms with van der Waals surface area (Å²) in [6.45, 7) is 0.563. The zero-order chi connectivity index (χ0) is 14.4. The second kappa shape index (κ2) is 6.89. The lowest BCUT2D eigenvalue weighted by atomic mass is 10.1. The Morgan fingerprint density at radius 3 is 2.68 bits per heavy atom. The minimum absolute atomic E-state index is 0.147. The van der Waals surface area contributed by atoms with E-state index in [-0.39, 0.29) is 23.0 Å². The molecule has 3 N–H and O–H groups in total.